The van der Waals surface area contributed by atoms with Crippen LogP contribution in [0.4, 0.5) is 0 Å². The molecule has 0 aromatic carbocycles. The van der Waals surface area contributed by atoms with Crippen LogP contribution < -0.4 is 0 Å². The third-order valence-electron chi connectivity index (χ3n) is 18.0. The molecule has 0 spiro atoms. The van der Waals surface area contributed by atoms with Gasteiger partial charge in [0, 0.05) is 12.5 Å². The lowest BCUT2D eigenvalue weighted by atomic mass is 9.46. The molecule has 73 heavy (non-hydrogen) atoms. The fourth-order valence-electron chi connectivity index (χ4n) is 14.0. The summed E-state index contributed by atoms with van der Waals surface area (Å²) >= 11 is 0. The molecule has 3 saturated carbocycles. The first-order valence-electron chi connectivity index (χ1n) is 26.1. The summed E-state index contributed by atoms with van der Waals surface area (Å²) in [6, 6.07) is 0. The van der Waals surface area contributed by atoms with Gasteiger partial charge in [-0.2, -0.15) is 0 Å². The summed E-state index contributed by atoms with van der Waals surface area (Å²) in [7, 11) is 0. The van der Waals surface area contributed by atoms with Gasteiger partial charge in [-0.05, 0) is 90.9 Å². The highest BCUT2D eigenvalue weighted by atomic mass is 16.8. The molecule has 0 amide bonds. The zero-order valence-electron chi connectivity index (χ0n) is 41.9. The maximum Gasteiger partial charge on any atom is 0.187 e. The Morgan fingerprint density at radius 2 is 1.21 bits per heavy atom. The molecule has 15 N–H and O–H groups in total. The maximum atomic E-state index is 12.3. The fourth-order valence-corrected chi connectivity index (χ4v) is 14.0. The molecule has 4 heterocycles. The highest BCUT2D eigenvalue weighted by Gasteiger charge is 2.64. The molecule has 23 nitrogen and oxygen atoms in total. The van der Waals surface area contributed by atoms with Crippen molar-refractivity contribution in [1.29, 1.82) is 0 Å². The second-order valence-corrected chi connectivity index (χ2v) is 22.8. The van der Waals surface area contributed by atoms with Crippen molar-refractivity contribution < 1.29 is 114 Å². The van der Waals surface area contributed by atoms with Crippen LogP contribution in [0.1, 0.15) is 72.6 Å². The van der Waals surface area contributed by atoms with Crippen LogP contribution in [0.3, 0.4) is 0 Å². The maximum absolute atomic E-state index is 12.3. The molecule has 420 valence electrons. The third-order valence-corrected chi connectivity index (χ3v) is 18.0. The van der Waals surface area contributed by atoms with Gasteiger partial charge in [0.15, 0.2) is 25.2 Å². The van der Waals surface area contributed by atoms with E-state index in [1.807, 2.05) is 6.08 Å². The lowest BCUT2D eigenvalue weighted by molar-refractivity contribution is -0.397. The fraction of sp³-hybridized carbons (Fsp3) is 0.920. The smallest absolute Gasteiger partial charge is 0.187 e. The minimum Gasteiger partial charge on any atom is -0.396 e. The zero-order valence-corrected chi connectivity index (χ0v) is 41.9. The van der Waals surface area contributed by atoms with E-state index in [0.29, 0.717) is 25.2 Å². The Morgan fingerprint density at radius 1 is 0.630 bits per heavy atom. The third kappa shape index (κ3) is 10.9. The molecule has 29 atom stereocenters. The van der Waals surface area contributed by atoms with Gasteiger partial charge in [0.05, 0.1) is 38.6 Å². The molecular weight excluding hydrogens is 969 g/mol. The quantitative estimate of drug-likeness (QED) is 0.0656. The van der Waals surface area contributed by atoms with Gasteiger partial charge < -0.3 is 114 Å². The Hall–Kier alpha value is -1.44. The van der Waals surface area contributed by atoms with Gasteiger partial charge in [-0.25, -0.2) is 0 Å². The molecule has 0 aromatic heterocycles. The van der Waals surface area contributed by atoms with Crippen molar-refractivity contribution in [3.05, 3.63) is 23.8 Å². The summed E-state index contributed by atoms with van der Waals surface area (Å²) < 4.78 is 47.7. The lowest BCUT2D eigenvalue weighted by Gasteiger charge is -2.59. The number of hydrogen-bond acceptors (Lipinski definition) is 23. The predicted octanol–water partition coefficient (Wildman–Crippen LogP) is -3.99. The highest BCUT2D eigenvalue weighted by molar-refractivity contribution is 5.30. The van der Waals surface area contributed by atoms with E-state index < -0.39 is 167 Å². The van der Waals surface area contributed by atoms with Crippen LogP contribution in [0.2, 0.25) is 0 Å². The lowest BCUT2D eigenvalue weighted by Crippen LogP contribution is -2.67. The average Bonchev–Trinajstić information content (AvgIpc) is 3.64. The molecule has 23 heteroatoms. The van der Waals surface area contributed by atoms with Crippen molar-refractivity contribution in [2.24, 2.45) is 46.3 Å². The number of aliphatic hydroxyl groups is 15. The van der Waals surface area contributed by atoms with Crippen LogP contribution in [-0.4, -0.2) is 245 Å². The van der Waals surface area contributed by atoms with E-state index in [9.17, 15) is 76.6 Å². The van der Waals surface area contributed by atoms with E-state index >= 15 is 0 Å². The minimum atomic E-state index is -1.98. The molecule has 8 rings (SSSR count). The summed E-state index contributed by atoms with van der Waals surface area (Å²) in [5, 5.41) is 163. The molecular formula is C50H82O23. The first-order chi connectivity index (χ1) is 34.6. The number of fused-ring (bicyclic) bond motifs is 5. The number of ether oxygens (including phenoxy) is 8. The van der Waals surface area contributed by atoms with Gasteiger partial charge in [-0.3, -0.25) is 0 Å². The summed E-state index contributed by atoms with van der Waals surface area (Å²) in [5.41, 5.74) is 0.0355. The summed E-state index contributed by atoms with van der Waals surface area (Å²) in [5.74, 6) is 0.682. The van der Waals surface area contributed by atoms with E-state index in [2.05, 4.69) is 39.8 Å². The van der Waals surface area contributed by atoms with Crippen molar-refractivity contribution in [1.82, 2.24) is 0 Å². The standard InChI is InChI=1S/C50H82O23/c1-20(2)6-5-7-21(15-51)25-14-26(55)32-22-8-9-24-33(57)28(11-13-49(24,3)23(22)10-12-50(25,32)4)67-47-41(65)43(42(31(18-54)70-47)71-45-39(63)37(61)35(59)29(16-52)68-45)72-48-44(34(58)27(56)19-66-48)73-46-40(64)38(62)36(60)30(17-53)69-46/h5,7,9,20-23,25-48,51-65H,6,8,10-19H2,1-4H3/b7-5+/t21-,22+,23-,25+,26-,27+,28-,29+,30+,31+,32+,33+,34+,35-,36-,37-,38-,39+,40+,41+,42+,43+,44-,45-,46+,47+,48-,49+,50+/m0/s1. The molecule has 4 aliphatic carbocycles. The predicted molar refractivity (Wildman–Crippen MR) is 248 cm³/mol. The molecule has 0 radical (unpaired) electrons. The van der Waals surface area contributed by atoms with Crippen molar-refractivity contribution >= 4 is 0 Å². The number of allylic oxidation sites excluding steroid dienone is 2. The largest absolute Gasteiger partial charge is 0.396 e. The van der Waals surface area contributed by atoms with Crippen LogP contribution in [-0.2, 0) is 37.9 Å². The molecule has 0 unspecified atom stereocenters. The Bertz CT molecular complexity index is 1860. The Balaban J connectivity index is 1.04. The van der Waals surface area contributed by atoms with Gasteiger partial charge in [0.25, 0.3) is 0 Å². The molecule has 4 aliphatic heterocycles. The van der Waals surface area contributed by atoms with Gasteiger partial charge in [-0.1, -0.05) is 45.9 Å². The second-order valence-electron chi connectivity index (χ2n) is 22.8. The monoisotopic (exact) mass is 1050 g/mol. The van der Waals surface area contributed by atoms with Gasteiger partial charge in [0.2, 0.25) is 0 Å². The zero-order chi connectivity index (χ0) is 53.0. The van der Waals surface area contributed by atoms with Crippen molar-refractivity contribution in [2.45, 2.75) is 208 Å². The van der Waals surface area contributed by atoms with Crippen LogP contribution >= 0.6 is 0 Å². The summed E-state index contributed by atoms with van der Waals surface area (Å²) in [6.07, 6.45) is -25.8. The van der Waals surface area contributed by atoms with Gasteiger partial charge >= 0.3 is 0 Å². The van der Waals surface area contributed by atoms with Crippen LogP contribution in [0.15, 0.2) is 23.8 Å². The summed E-state index contributed by atoms with van der Waals surface area (Å²) in [6.45, 7) is 5.56. The molecule has 7 fully saturated rings. The van der Waals surface area contributed by atoms with Gasteiger partial charge in [0.1, 0.15) is 97.7 Å². The molecule has 0 aromatic rings. The van der Waals surface area contributed by atoms with Crippen molar-refractivity contribution in [2.75, 3.05) is 33.0 Å². The van der Waals surface area contributed by atoms with Gasteiger partial charge in [-0.15, -0.1) is 0 Å². The average molecular weight is 1050 g/mol. The molecule has 4 saturated heterocycles. The Labute approximate surface area is 424 Å². The SMILES string of the molecule is CC(C)C/C=C/[C@@H](CO)[C@H]1C[C@H](O)[C@H]2[C@@H]3CC=C4[C@@H](O)[C@@H](O[C@@H]5O[C@H](CO)[C@@H](O[C@@H]6O[C@H](CO)[C@H](O)[C@H](O)[C@H]6O)[C@H](O[C@@H]6OC[C@@H](O)[C@@H](O)[C@@H]6O[C@H]6O[C@H](CO)[C@H](O)[C@H](O)[C@H]6O)[C@H]5O)CC[C@]4(C)[C@H]3CC[C@@]21C. The summed E-state index contributed by atoms with van der Waals surface area (Å²) in [4.78, 5) is 0. The molecule has 8 aliphatic rings. The molecule has 0 bridgehead atoms. The first kappa shape index (κ1) is 57.7. The van der Waals surface area contributed by atoms with Crippen molar-refractivity contribution in [3.8, 4) is 0 Å². The van der Waals surface area contributed by atoms with E-state index in [0.717, 1.165) is 24.8 Å². The van der Waals surface area contributed by atoms with E-state index in [1.54, 1.807) is 0 Å². The minimum absolute atomic E-state index is 0.00289. The number of aliphatic hydroxyl groups excluding tert-OH is 15. The second kappa shape index (κ2) is 23.5. The van der Waals surface area contributed by atoms with Crippen LogP contribution in [0.25, 0.3) is 0 Å². The topological polar surface area (TPSA) is 377 Å². The number of hydrogen-bond donors (Lipinski definition) is 15. The number of rotatable bonds is 16. The van der Waals surface area contributed by atoms with Crippen LogP contribution in [0, 0.1) is 46.3 Å². The van der Waals surface area contributed by atoms with Crippen LogP contribution in [0.5, 0.6) is 0 Å². The Kier molecular flexibility index (Phi) is 18.6. The van der Waals surface area contributed by atoms with E-state index in [4.69, 9.17) is 37.9 Å². The van der Waals surface area contributed by atoms with E-state index in [-0.39, 0.29) is 48.0 Å². The highest BCUT2D eigenvalue weighted by Crippen LogP contribution is 2.67. The first-order valence-corrected chi connectivity index (χ1v) is 26.1. The van der Waals surface area contributed by atoms with E-state index in [1.165, 1.54) is 0 Å². The Morgan fingerprint density at radius 3 is 1.79 bits per heavy atom. The van der Waals surface area contributed by atoms with Crippen molar-refractivity contribution in [3.63, 3.8) is 0 Å². The normalized spacial score (nSPS) is 51.9.